The number of hydrogen-bond acceptors (Lipinski definition) is 4. The maximum Gasteiger partial charge on any atom is 0.345 e. The molecule has 0 atom stereocenters. The summed E-state index contributed by atoms with van der Waals surface area (Å²) in [6.45, 7) is 2.26. The molecule has 0 aromatic heterocycles. The van der Waals surface area contributed by atoms with Gasteiger partial charge in [0.1, 0.15) is 5.75 Å². The van der Waals surface area contributed by atoms with Crippen LogP contribution >= 0.6 is 23.2 Å². The molecule has 0 unspecified atom stereocenters. The first-order chi connectivity index (χ1) is 18.0. The number of carbonyl (C=O) groups excluding carboxylic acids is 2. The lowest BCUT2D eigenvalue weighted by Crippen LogP contribution is -2.16. The van der Waals surface area contributed by atoms with Crippen LogP contribution in [0.5, 0.6) is 5.75 Å². The summed E-state index contributed by atoms with van der Waals surface area (Å²) in [5.41, 5.74) is 3.48. The predicted molar refractivity (Wildman–Crippen MR) is 154 cm³/mol. The Morgan fingerprint density at radius 1 is 0.838 bits per heavy atom. The van der Waals surface area contributed by atoms with E-state index >= 15 is 0 Å². The van der Waals surface area contributed by atoms with Crippen LogP contribution in [0.25, 0.3) is 0 Å². The SMILES string of the molecule is CCCCCCCCCCCCCCCC(=O)NN=Cc1cccc(OC(=O)c2ccc(Cl)cc2Cl)c1. The predicted octanol–water partition coefficient (Wildman–Crippen LogP) is 9.14. The van der Waals surface area contributed by atoms with Crippen LogP contribution in [0.15, 0.2) is 47.6 Å². The smallest absolute Gasteiger partial charge is 0.345 e. The number of amides is 1. The number of ether oxygens (including phenoxy) is 1. The highest BCUT2D eigenvalue weighted by molar-refractivity contribution is 6.36. The normalized spacial score (nSPS) is 11.1. The lowest BCUT2D eigenvalue weighted by Gasteiger charge is -2.07. The van der Waals surface area contributed by atoms with Crippen molar-refractivity contribution in [1.29, 1.82) is 0 Å². The highest BCUT2D eigenvalue weighted by atomic mass is 35.5. The number of hydrazone groups is 1. The van der Waals surface area contributed by atoms with E-state index < -0.39 is 5.97 Å². The molecule has 2 aromatic rings. The Kier molecular flexibility index (Phi) is 15.7. The van der Waals surface area contributed by atoms with Gasteiger partial charge in [-0.1, -0.05) is 119 Å². The number of hydrogen-bond donors (Lipinski definition) is 1. The highest BCUT2D eigenvalue weighted by Gasteiger charge is 2.13. The van der Waals surface area contributed by atoms with Crippen molar-refractivity contribution in [3.63, 3.8) is 0 Å². The third kappa shape index (κ3) is 13.7. The van der Waals surface area contributed by atoms with Crippen LogP contribution in [0.4, 0.5) is 0 Å². The van der Waals surface area contributed by atoms with E-state index in [0.29, 0.717) is 22.8 Å². The molecule has 1 amide bonds. The van der Waals surface area contributed by atoms with Crippen LogP contribution in [-0.4, -0.2) is 18.1 Å². The Labute approximate surface area is 232 Å². The first-order valence-electron chi connectivity index (χ1n) is 13.6. The molecule has 0 aliphatic carbocycles. The van der Waals surface area contributed by atoms with Gasteiger partial charge in [0.15, 0.2) is 0 Å². The number of carbonyl (C=O) groups is 2. The molecule has 0 saturated carbocycles. The summed E-state index contributed by atoms with van der Waals surface area (Å²) in [7, 11) is 0. The fourth-order valence-corrected chi connectivity index (χ4v) is 4.50. The summed E-state index contributed by atoms with van der Waals surface area (Å²) in [4.78, 5) is 24.4. The topological polar surface area (TPSA) is 67.8 Å². The molecule has 37 heavy (non-hydrogen) atoms. The van der Waals surface area contributed by atoms with Crippen molar-refractivity contribution in [2.24, 2.45) is 5.10 Å². The van der Waals surface area contributed by atoms with Crippen LogP contribution in [0.3, 0.4) is 0 Å². The van der Waals surface area contributed by atoms with Gasteiger partial charge in [-0.05, 0) is 42.3 Å². The number of esters is 1. The van der Waals surface area contributed by atoms with Gasteiger partial charge in [-0.15, -0.1) is 0 Å². The average molecular weight is 548 g/mol. The summed E-state index contributed by atoms with van der Waals surface area (Å²) in [6.07, 6.45) is 18.6. The molecular formula is C30H40Cl2N2O3. The molecule has 1 N–H and O–H groups in total. The molecule has 2 aromatic carbocycles. The molecular weight excluding hydrogens is 507 g/mol. The van der Waals surface area contributed by atoms with E-state index in [1.165, 1.54) is 89.0 Å². The van der Waals surface area contributed by atoms with Gasteiger partial charge >= 0.3 is 5.97 Å². The summed E-state index contributed by atoms with van der Waals surface area (Å²) in [5.74, 6) is -0.334. The molecule has 0 bridgehead atoms. The first-order valence-corrected chi connectivity index (χ1v) is 14.3. The fourth-order valence-electron chi connectivity index (χ4n) is 4.01. The maximum atomic E-state index is 12.4. The Bertz CT molecular complexity index is 995. The van der Waals surface area contributed by atoms with Gasteiger partial charge in [0.25, 0.3) is 0 Å². The van der Waals surface area contributed by atoms with Crippen molar-refractivity contribution in [3.8, 4) is 5.75 Å². The second kappa shape index (κ2) is 18.8. The minimum atomic E-state index is -0.582. The van der Waals surface area contributed by atoms with Crippen LogP contribution in [0.1, 0.15) is 113 Å². The number of benzene rings is 2. The minimum Gasteiger partial charge on any atom is -0.423 e. The van der Waals surface area contributed by atoms with E-state index in [1.807, 2.05) is 0 Å². The van der Waals surface area contributed by atoms with Crippen molar-refractivity contribution >= 4 is 41.3 Å². The van der Waals surface area contributed by atoms with Crippen molar-refractivity contribution < 1.29 is 14.3 Å². The van der Waals surface area contributed by atoms with Crippen LogP contribution < -0.4 is 10.2 Å². The number of halogens is 2. The standard InChI is InChI=1S/C30H40Cl2N2O3/c1-2-3-4-5-6-7-8-9-10-11-12-13-14-18-29(35)34-33-23-24-16-15-17-26(21-24)37-30(36)27-20-19-25(31)22-28(27)32/h15-17,19-23H,2-14,18H2,1H3,(H,34,35). The van der Waals surface area contributed by atoms with Gasteiger partial charge in [-0.2, -0.15) is 5.10 Å². The zero-order chi connectivity index (χ0) is 26.7. The Balaban J connectivity index is 1.57. The second-order valence-corrected chi connectivity index (χ2v) is 10.2. The number of unbranched alkanes of at least 4 members (excludes halogenated alkanes) is 12. The van der Waals surface area contributed by atoms with E-state index in [4.69, 9.17) is 27.9 Å². The molecule has 0 saturated heterocycles. The monoisotopic (exact) mass is 546 g/mol. The number of nitrogens with zero attached hydrogens (tertiary/aromatic N) is 1. The Morgan fingerprint density at radius 2 is 1.46 bits per heavy atom. The van der Waals surface area contributed by atoms with Gasteiger partial charge in [0.2, 0.25) is 5.91 Å². The molecule has 202 valence electrons. The van der Waals surface area contributed by atoms with E-state index in [1.54, 1.807) is 30.3 Å². The zero-order valence-electron chi connectivity index (χ0n) is 21.9. The van der Waals surface area contributed by atoms with Crippen molar-refractivity contribution in [1.82, 2.24) is 5.43 Å². The van der Waals surface area contributed by atoms with Gasteiger partial charge < -0.3 is 4.74 Å². The second-order valence-electron chi connectivity index (χ2n) is 9.37. The van der Waals surface area contributed by atoms with Crippen molar-refractivity contribution in [3.05, 3.63) is 63.6 Å². The van der Waals surface area contributed by atoms with Gasteiger partial charge in [-0.3, -0.25) is 4.79 Å². The van der Waals surface area contributed by atoms with Gasteiger partial charge in [0, 0.05) is 11.4 Å². The maximum absolute atomic E-state index is 12.4. The molecule has 0 heterocycles. The zero-order valence-corrected chi connectivity index (χ0v) is 23.5. The lowest BCUT2D eigenvalue weighted by molar-refractivity contribution is -0.121. The van der Waals surface area contributed by atoms with E-state index in [2.05, 4.69) is 17.5 Å². The summed E-state index contributed by atoms with van der Waals surface area (Å²) >= 11 is 11.9. The molecule has 0 aliphatic rings. The van der Waals surface area contributed by atoms with Crippen LogP contribution in [0.2, 0.25) is 10.0 Å². The first kappa shape index (κ1) is 30.9. The lowest BCUT2D eigenvalue weighted by atomic mass is 10.0. The van der Waals surface area contributed by atoms with E-state index in [9.17, 15) is 9.59 Å². The van der Waals surface area contributed by atoms with Crippen LogP contribution in [0, 0.1) is 0 Å². The number of rotatable bonds is 18. The van der Waals surface area contributed by atoms with Gasteiger partial charge in [-0.25, -0.2) is 10.2 Å². The van der Waals surface area contributed by atoms with E-state index in [0.717, 1.165) is 12.8 Å². The Morgan fingerprint density at radius 3 is 2.08 bits per heavy atom. The van der Waals surface area contributed by atoms with Crippen molar-refractivity contribution in [2.45, 2.75) is 96.8 Å². The quantitative estimate of drug-likeness (QED) is 0.0665. The summed E-state index contributed by atoms with van der Waals surface area (Å²) in [6, 6.07) is 11.4. The highest BCUT2D eigenvalue weighted by Crippen LogP contribution is 2.23. The average Bonchev–Trinajstić information content (AvgIpc) is 2.87. The summed E-state index contributed by atoms with van der Waals surface area (Å²) < 4.78 is 5.40. The molecule has 2 rings (SSSR count). The molecule has 5 nitrogen and oxygen atoms in total. The van der Waals surface area contributed by atoms with Gasteiger partial charge in [0.05, 0.1) is 16.8 Å². The third-order valence-electron chi connectivity index (χ3n) is 6.13. The molecule has 0 spiro atoms. The fraction of sp³-hybridized carbons (Fsp3) is 0.500. The van der Waals surface area contributed by atoms with Crippen LogP contribution in [-0.2, 0) is 4.79 Å². The molecule has 0 aliphatic heterocycles. The largest absolute Gasteiger partial charge is 0.423 e. The minimum absolute atomic E-state index is 0.0979. The van der Waals surface area contributed by atoms with Crippen molar-refractivity contribution in [2.75, 3.05) is 0 Å². The molecule has 7 heteroatoms. The Hall–Kier alpha value is -2.37. The third-order valence-corrected chi connectivity index (χ3v) is 6.68. The summed E-state index contributed by atoms with van der Waals surface area (Å²) in [5, 5.41) is 4.69. The van der Waals surface area contributed by atoms with E-state index in [-0.39, 0.29) is 16.5 Å². The number of nitrogens with one attached hydrogen (secondary N) is 1. The molecule has 0 radical (unpaired) electrons. The molecule has 0 fully saturated rings.